The van der Waals surface area contributed by atoms with E-state index in [9.17, 15) is 14.4 Å². The number of nitrogens with two attached hydrogens (primary N) is 1. The van der Waals surface area contributed by atoms with Gasteiger partial charge in [-0.15, -0.1) is 0 Å². The highest BCUT2D eigenvalue weighted by atomic mass is 32.2. The first-order valence-electron chi connectivity index (χ1n) is 8.67. The van der Waals surface area contributed by atoms with E-state index >= 15 is 0 Å². The van der Waals surface area contributed by atoms with Crippen LogP contribution in [0.4, 0.5) is 4.79 Å². The van der Waals surface area contributed by atoms with Gasteiger partial charge in [0.05, 0.1) is 11.8 Å². The molecule has 7 heteroatoms. The predicted molar refractivity (Wildman–Crippen MR) is 90.1 cm³/mol. The van der Waals surface area contributed by atoms with Crippen molar-refractivity contribution in [1.29, 1.82) is 0 Å². The third-order valence-electron chi connectivity index (χ3n) is 4.60. The summed E-state index contributed by atoms with van der Waals surface area (Å²) >= 11 is 1.02. The van der Waals surface area contributed by atoms with Crippen molar-refractivity contribution in [3.63, 3.8) is 0 Å². The molecule has 1 heterocycles. The first-order chi connectivity index (χ1) is 11.1. The number of hydrogen-bond donors (Lipinski definition) is 2. The van der Waals surface area contributed by atoms with Crippen LogP contribution in [0.5, 0.6) is 0 Å². The lowest BCUT2D eigenvalue weighted by molar-refractivity contribution is -0.708. The number of nitrogens with zero attached hydrogens (tertiary/aromatic N) is 1. The first kappa shape index (κ1) is 18.3. The fraction of sp³-hybridized carbons (Fsp3) is 0.812. The van der Waals surface area contributed by atoms with E-state index in [1.807, 2.05) is 6.92 Å². The average Bonchev–Trinajstić information content (AvgIpc) is 2.81. The number of rotatable bonds is 6. The van der Waals surface area contributed by atoms with Crippen molar-refractivity contribution in [3.05, 3.63) is 0 Å². The van der Waals surface area contributed by atoms with Gasteiger partial charge >= 0.3 is 0 Å². The molecule has 1 atom stereocenters. The molecule has 1 saturated heterocycles. The lowest BCUT2D eigenvalue weighted by Crippen LogP contribution is -2.96. The molecule has 3 N–H and O–H groups in total. The van der Waals surface area contributed by atoms with Gasteiger partial charge in [0.25, 0.3) is 11.1 Å². The van der Waals surface area contributed by atoms with Crippen LogP contribution < -0.4 is 10.6 Å². The summed E-state index contributed by atoms with van der Waals surface area (Å²) in [7, 11) is 0. The topological polar surface area (TPSA) is 83.1 Å². The van der Waals surface area contributed by atoms with Crippen LogP contribution in [-0.2, 0) is 9.59 Å². The maximum Gasteiger partial charge on any atom is 0.288 e. The molecule has 0 spiro atoms. The Balaban J connectivity index is 1.67. The highest BCUT2D eigenvalue weighted by molar-refractivity contribution is 8.14. The lowest BCUT2D eigenvalue weighted by atomic mass is 9.96. The molecule has 23 heavy (non-hydrogen) atoms. The number of imide groups is 1. The highest BCUT2D eigenvalue weighted by Gasteiger charge is 2.29. The van der Waals surface area contributed by atoms with Crippen molar-refractivity contribution in [3.8, 4) is 0 Å². The summed E-state index contributed by atoms with van der Waals surface area (Å²) in [6, 6.07) is 0.410. The van der Waals surface area contributed by atoms with Crippen molar-refractivity contribution in [2.24, 2.45) is 0 Å². The number of carbonyl (C=O) groups is 3. The van der Waals surface area contributed by atoms with E-state index in [1.165, 1.54) is 49.8 Å². The van der Waals surface area contributed by atoms with Gasteiger partial charge in [0, 0.05) is 13.1 Å². The normalized spacial score (nSPS) is 21.9. The molecule has 1 saturated carbocycles. The second kappa shape index (κ2) is 9.27. The van der Waals surface area contributed by atoms with Gasteiger partial charge in [-0.05, 0) is 32.6 Å². The van der Waals surface area contributed by atoms with Gasteiger partial charge in [0.15, 0.2) is 6.04 Å². The van der Waals surface area contributed by atoms with Gasteiger partial charge in [-0.2, -0.15) is 0 Å². The Morgan fingerprint density at radius 3 is 2.52 bits per heavy atom. The van der Waals surface area contributed by atoms with Gasteiger partial charge in [-0.25, -0.2) is 0 Å². The largest absolute Gasteiger partial charge is 0.349 e. The quantitative estimate of drug-likeness (QED) is 0.750. The van der Waals surface area contributed by atoms with Crippen LogP contribution in [-0.4, -0.2) is 52.9 Å². The van der Waals surface area contributed by atoms with E-state index in [0.29, 0.717) is 12.6 Å². The fourth-order valence-electron chi connectivity index (χ4n) is 3.22. The molecule has 0 radical (unpaired) electrons. The van der Waals surface area contributed by atoms with Crippen LogP contribution in [0.3, 0.4) is 0 Å². The minimum absolute atomic E-state index is 0.0150. The number of nitrogens with one attached hydrogen (secondary N) is 1. The van der Waals surface area contributed by atoms with Crippen LogP contribution in [0, 0.1) is 0 Å². The summed E-state index contributed by atoms with van der Waals surface area (Å²) in [6.45, 7) is 2.53. The standard InChI is InChI=1S/C16H27N3O3S/c1-12(18-13-7-5-3-2-4-6-8-13)15(21)17-9-10-19-14(20)11-23-16(19)22/h12-13,18H,2-11H2,1H3,(H,17,21)/p+1/t12-/m0/s1. The van der Waals surface area contributed by atoms with E-state index < -0.39 is 0 Å². The Kier molecular flexibility index (Phi) is 7.36. The van der Waals surface area contributed by atoms with Crippen LogP contribution in [0.15, 0.2) is 0 Å². The van der Waals surface area contributed by atoms with Gasteiger partial charge in [-0.3, -0.25) is 19.3 Å². The maximum absolute atomic E-state index is 12.2. The number of hydrogen-bond acceptors (Lipinski definition) is 4. The summed E-state index contributed by atoms with van der Waals surface area (Å²) in [6.07, 6.45) is 8.84. The van der Waals surface area contributed by atoms with Gasteiger partial charge in [0.2, 0.25) is 5.91 Å². The summed E-state index contributed by atoms with van der Waals surface area (Å²) in [5, 5.41) is 4.82. The number of thioether (sulfide) groups is 1. The number of carbonyl (C=O) groups excluding carboxylic acids is 3. The van der Waals surface area contributed by atoms with Gasteiger partial charge in [-0.1, -0.05) is 31.0 Å². The van der Waals surface area contributed by atoms with E-state index in [1.54, 1.807) is 0 Å². The zero-order valence-corrected chi connectivity index (χ0v) is 14.7. The monoisotopic (exact) mass is 342 g/mol. The SMILES string of the molecule is C[C@H]([NH2+]C1CCCCCCC1)C(=O)NCCN1C(=O)CSC1=O. The van der Waals surface area contributed by atoms with E-state index in [0.717, 1.165) is 11.8 Å². The van der Waals surface area contributed by atoms with E-state index in [-0.39, 0.29) is 35.4 Å². The Morgan fingerprint density at radius 1 is 1.26 bits per heavy atom. The molecule has 3 amide bonds. The van der Waals surface area contributed by atoms with Crippen LogP contribution in [0.2, 0.25) is 0 Å². The van der Waals surface area contributed by atoms with Gasteiger partial charge in [0.1, 0.15) is 0 Å². The molecule has 0 aromatic heterocycles. The zero-order valence-electron chi connectivity index (χ0n) is 13.9. The Morgan fingerprint density at radius 2 is 1.91 bits per heavy atom. The summed E-state index contributed by atoms with van der Waals surface area (Å²) in [5.74, 6) is 0.0423. The molecule has 6 nitrogen and oxygen atoms in total. The van der Waals surface area contributed by atoms with Crippen molar-refractivity contribution in [2.75, 3.05) is 18.8 Å². The molecule has 1 aliphatic heterocycles. The second-order valence-corrected chi connectivity index (χ2v) is 7.40. The fourth-order valence-corrected chi connectivity index (χ4v) is 3.98. The smallest absolute Gasteiger partial charge is 0.288 e. The van der Waals surface area contributed by atoms with Crippen molar-refractivity contribution >= 4 is 28.8 Å². The molecule has 1 aliphatic carbocycles. The van der Waals surface area contributed by atoms with Crippen LogP contribution >= 0.6 is 11.8 Å². The maximum atomic E-state index is 12.2. The molecule has 0 bridgehead atoms. The second-order valence-electron chi connectivity index (χ2n) is 6.48. The third kappa shape index (κ3) is 5.80. The first-order valence-corrected chi connectivity index (χ1v) is 9.66. The Bertz CT molecular complexity index is 420. The average molecular weight is 342 g/mol. The number of amides is 3. The highest BCUT2D eigenvalue weighted by Crippen LogP contribution is 2.17. The zero-order chi connectivity index (χ0) is 16.7. The minimum Gasteiger partial charge on any atom is -0.349 e. The molecule has 2 rings (SSSR count). The van der Waals surface area contributed by atoms with Crippen molar-refractivity contribution in [2.45, 2.75) is 64.0 Å². The minimum atomic E-state index is -0.210. The molecule has 0 aromatic rings. The summed E-state index contributed by atoms with van der Waals surface area (Å²) < 4.78 is 0. The Hall–Kier alpha value is -1.08. The molecular formula is C16H28N3O3S+. The van der Waals surface area contributed by atoms with Crippen LogP contribution in [0.25, 0.3) is 0 Å². The summed E-state index contributed by atoms with van der Waals surface area (Å²) in [5.41, 5.74) is 0. The van der Waals surface area contributed by atoms with E-state index in [4.69, 9.17) is 0 Å². The lowest BCUT2D eigenvalue weighted by Gasteiger charge is -2.22. The van der Waals surface area contributed by atoms with Crippen LogP contribution in [0.1, 0.15) is 51.9 Å². The molecule has 0 aromatic carbocycles. The van der Waals surface area contributed by atoms with E-state index in [2.05, 4.69) is 10.6 Å². The number of quaternary nitrogens is 1. The molecular weight excluding hydrogens is 314 g/mol. The van der Waals surface area contributed by atoms with Gasteiger partial charge < -0.3 is 10.6 Å². The third-order valence-corrected chi connectivity index (χ3v) is 5.46. The van der Waals surface area contributed by atoms with Crippen molar-refractivity contribution < 1.29 is 19.7 Å². The molecule has 0 unspecified atom stereocenters. The molecule has 130 valence electrons. The molecule has 2 aliphatic rings. The van der Waals surface area contributed by atoms with Crippen molar-refractivity contribution in [1.82, 2.24) is 10.2 Å². The Labute approximate surface area is 142 Å². The predicted octanol–water partition coefficient (Wildman–Crippen LogP) is 0.863. The molecule has 2 fully saturated rings. The summed E-state index contributed by atoms with van der Waals surface area (Å²) in [4.78, 5) is 36.3.